The van der Waals surface area contributed by atoms with E-state index in [9.17, 15) is 9.90 Å². The molecule has 4 nitrogen and oxygen atoms in total. The summed E-state index contributed by atoms with van der Waals surface area (Å²) in [5.41, 5.74) is 2.81. The summed E-state index contributed by atoms with van der Waals surface area (Å²) in [7, 11) is 0. The number of carbonyl (C=O) groups is 1. The van der Waals surface area contributed by atoms with E-state index in [1.165, 1.54) is 25.3 Å². The molecule has 0 bridgehead atoms. The fourth-order valence-corrected chi connectivity index (χ4v) is 1.36. The molecule has 0 radical (unpaired) electrons. The Bertz CT molecular complexity index is 396. The number of benzene rings is 1. The number of hydrogen-bond donors (Lipinski definition) is 2. The van der Waals surface area contributed by atoms with Gasteiger partial charge in [-0.1, -0.05) is 23.2 Å². The van der Waals surface area contributed by atoms with Crippen LogP contribution < -0.4 is 5.43 Å². The number of carbonyl (C=O) groups excluding carboxylic acids is 1. The van der Waals surface area contributed by atoms with E-state index in [0.717, 1.165) is 0 Å². The Morgan fingerprint density at radius 1 is 1.47 bits per heavy atom. The van der Waals surface area contributed by atoms with Gasteiger partial charge in [0.2, 0.25) is 5.91 Å². The van der Waals surface area contributed by atoms with Crippen molar-refractivity contribution in [2.24, 2.45) is 5.10 Å². The number of halogens is 2. The lowest BCUT2D eigenvalue weighted by Gasteiger charge is -2.01. The number of aromatic hydroxyl groups is 1. The number of amides is 1. The Morgan fingerprint density at radius 3 is 2.47 bits per heavy atom. The van der Waals surface area contributed by atoms with E-state index in [-0.39, 0.29) is 21.7 Å². The van der Waals surface area contributed by atoms with Gasteiger partial charge in [0.1, 0.15) is 0 Å². The average molecular weight is 247 g/mol. The van der Waals surface area contributed by atoms with Gasteiger partial charge < -0.3 is 5.11 Å². The van der Waals surface area contributed by atoms with Gasteiger partial charge >= 0.3 is 0 Å². The molecule has 0 unspecified atom stereocenters. The number of hydrogen-bond acceptors (Lipinski definition) is 3. The Balaban J connectivity index is 2.87. The van der Waals surface area contributed by atoms with Crippen LogP contribution in [0, 0.1) is 0 Å². The molecule has 0 saturated heterocycles. The van der Waals surface area contributed by atoms with E-state index in [4.69, 9.17) is 23.2 Å². The van der Waals surface area contributed by atoms with Crippen molar-refractivity contribution in [3.05, 3.63) is 27.7 Å². The van der Waals surface area contributed by atoms with Crippen molar-refractivity contribution in [3.8, 4) is 5.75 Å². The van der Waals surface area contributed by atoms with E-state index in [1.54, 1.807) is 0 Å². The van der Waals surface area contributed by atoms with Crippen LogP contribution in [0.4, 0.5) is 0 Å². The first kappa shape index (κ1) is 11.8. The zero-order valence-corrected chi connectivity index (χ0v) is 9.30. The summed E-state index contributed by atoms with van der Waals surface area (Å²) in [6.45, 7) is 1.34. The highest BCUT2D eigenvalue weighted by Gasteiger charge is 2.04. The first-order chi connectivity index (χ1) is 7.00. The molecule has 15 heavy (non-hydrogen) atoms. The summed E-state index contributed by atoms with van der Waals surface area (Å²) in [6.07, 6.45) is 1.37. The van der Waals surface area contributed by atoms with Crippen LogP contribution in [0.3, 0.4) is 0 Å². The molecule has 0 aromatic heterocycles. The Labute approximate surface area is 96.5 Å². The van der Waals surface area contributed by atoms with Crippen LogP contribution in [0.1, 0.15) is 12.5 Å². The van der Waals surface area contributed by atoms with Crippen LogP contribution >= 0.6 is 23.2 Å². The zero-order valence-electron chi connectivity index (χ0n) is 7.79. The number of phenolic OH excluding ortho intramolecular Hbond substituents is 1. The largest absolute Gasteiger partial charge is 0.505 e. The molecule has 80 valence electrons. The normalized spacial score (nSPS) is 10.6. The van der Waals surface area contributed by atoms with Crippen LogP contribution in [-0.2, 0) is 4.79 Å². The molecule has 0 atom stereocenters. The third-order valence-corrected chi connectivity index (χ3v) is 2.05. The fourth-order valence-electron chi connectivity index (χ4n) is 0.857. The van der Waals surface area contributed by atoms with Crippen molar-refractivity contribution in [2.45, 2.75) is 6.92 Å². The number of rotatable bonds is 2. The Kier molecular flexibility index (Phi) is 3.94. The van der Waals surface area contributed by atoms with E-state index in [1.807, 2.05) is 0 Å². The van der Waals surface area contributed by atoms with Gasteiger partial charge in [0.15, 0.2) is 5.75 Å². The lowest BCUT2D eigenvalue weighted by Crippen LogP contribution is -2.12. The summed E-state index contributed by atoms with van der Waals surface area (Å²) in [4.78, 5) is 10.5. The van der Waals surface area contributed by atoms with Crippen molar-refractivity contribution < 1.29 is 9.90 Å². The molecule has 2 N–H and O–H groups in total. The standard InChI is InChI=1S/C9H8Cl2N2O2/c1-5(14)13-12-4-6-2-7(10)9(15)8(11)3-6/h2-4,15H,1H3,(H,13,14)/b12-4-. The monoisotopic (exact) mass is 246 g/mol. The lowest BCUT2D eigenvalue weighted by atomic mass is 10.2. The summed E-state index contributed by atoms with van der Waals surface area (Å²) in [5, 5.41) is 13.2. The first-order valence-corrected chi connectivity index (χ1v) is 4.74. The molecule has 0 fully saturated rings. The predicted molar refractivity (Wildman–Crippen MR) is 59.5 cm³/mol. The molecular weight excluding hydrogens is 239 g/mol. The molecule has 0 spiro atoms. The van der Waals surface area contributed by atoms with Crippen molar-refractivity contribution in [2.75, 3.05) is 0 Å². The minimum Gasteiger partial charge on any atom is -0.505 e. The minimum atomic E-state index is -0.276. The average Bonchev–Trinajstić information content (AvgIpc) is 2.13. The third-order valence-electron chi connectivity index (χ3n) is 1.47. The molecular formula is C9H8Cl2N2O2. The quantitative estimate of drug-likeness (QED) is 0.621. The maximum atomic E-state index is 10.5. The summed E-state index contributed by atoms with van der Waals surface area (Å²) in [6, 6.07) is 2.96. The van der Waals surface area contributed by atoms with Crippen molar-refractivity contribution in [1.29, 1.82) is 0 Å². The van der Waals surface area contributed by atoms with E-state index in [2.05, 4.69) is 10.5 Å². The lowest BCUT2D eigenvalue weighted by molar-refractivity contribution is -0.118. The van der Waals surface area contributed by atoms with Crippen LogP contribution in [0.2, 0.25) is 10.0 Å². The molecule has 1 aromatic carbocycles. The van der Waals surface area contributed by atoms with Crippen LogP contribution in [0.5, 0.6) is 5.75 Å². The van der Waals surface area contributed by atoms with Gasteiger partial charge in [-0.05, 0) is 17.7 Å². The van der Waals surface area contributed by atoms with Crippen LogP contribution in [0.25, 0.3) is 0 Å². The number of hydrazone groups is 1. The van der Waals surface area contributed by atoms with E-state index < -0.39 is 0 Å². The molecule has 6 heteroatoms. The van der Waals surface area contributed by atoms with E-state index in [0.29, 0.717) is 5.56 Å². The first-order valence-electron chi connectivity index (χ1n) is 3.98. The molecule has 0 saturated carbocycles. The zero-order chi connectivity index (χ0) is 11.4. The van der Waals surface area contributed by atoms with Crippen LogP contribution in [0.15, 0.2) is 17.2 Å². The van der Waals surface area contributed by atoms with Crippen molar-refractivity contribution >= 4 is 35.3 Å². The SMILES string of the molecule is CC(=O)N/N=C\c1cc(Cl)c(O)c(Cl)c1. The number of nitrogens with one attached hydrogen (secondary N) is 1. The highest BCUT2D eigenvalue weighted by Crippen LogP contribution is 2.32. The van der Waals surface area contributed by atoms with Gasteiger partial charge in [-0.15, -0.1) is 0 Å². The summed E-state index contributed by atoms with van der Waals surface area (Å²) in [5.74, 6) is -0.447. The molecule has 1 amide bonds. The van der Waals surface area contributed by atoms with Gasteiger partial charge in [-0.3, -0.25) is 4.79 Å². The molecule has 0 aliphatic carbocycles. The second-order valence-corrected chi connectivity index (χ2v) is 3.57. The maximum absolute atomic E-state index is 10.5. The van der Waals surface area contributed by atoms with E-state index >= 15 is 0 Å². The second kappa shape index (κ2) is 5.00. The summed E-state index contributed by atoms with van der Waals surface area (Å²) >= 11 is 11.4. The van der Waals surface area contributed by atoms with Gasteiger partial charge in [0.05, 0.1) is 16.3 Å². The Hall–Kier alpha value is -1.26. The summed E-state index contributed by atoms with van der Waals surface area (Å²) < 4.78 is 0. The van der Waals surface area contributed by atoms with Crippen molar-refractivity contribution in [1.82, 2.24) is 5.43 Å². The maximum Gasteiger partial charge on any atom is 0.236 e. The van der Waals surface area contributed by atoms with Gasteiger partial charge in [0, 0.05) is 6.92 Å². The molecule has 0 aliphatic rings. The number of phenols is 1. The van der Waals surface area contributed by atoms with Crippen LogP contribution in [-0.4, -0.2) is 17.2 Å². The smallest absolute Gasteiger partial charge is 0.236 e. The molecule has 0 heterocycles. The third kappa shape index (κ3) is 3.42. The molecule has 0 aliphatic heterocycles. The van der Waals surface area contributed by atoms with Crippen molar-refractivity contribution in [3.63, 3.8) is 0 Å². The highest BCUT2D eigenvalue weighted by atomic mass is 35.5. The molecule has 1 rings (SSSR count). The second-order valence-electron chi connectivity index (χ2n) is 2.76. The Morgan fingerprint density at radius 2 is 2.00 bits per heavy atom. The van der Waals surface area contributed by atoms with Gasteiger partial charge in [-0.2, -0.15) is 5.10 Å². The minimum absolute atomic E-state index is 0.131. The fraction of sp³-hybridized carbons (Fsp3) is 0.111. The highest BCUT2D eigenvalue weighted by molar-refractivity contribution is 6.37. The van der Waals surface area contributed by atoms with Gasteiger partial charge in [-0.25, -0.2) is 5.43 Å². The topological polar surface area (TPSA) is 61.7 Å². The molecule has 1 aromatic rings. The number of nitrogens with zero attached hydrogens (tertiary/aromatic N) is 1. The predicted octanol–water partition coefficient (Wildman–Crippen LogP) is 2.17. The van der Waals surface area contributed by atoms with Gasteiger partial charge in [0.25, 0.3) is 0 Å².